The van der Waals surface area contributed by atoms with Gasteiger partial charge in [0.2, 0.25) is 0 Å². The van der Waals surface area contributed by atoms with Gasteiger partial charge >= 0.3 is 0 Å². The number of likely N-dealkylation sites (N-methyl/N-ethyl adjacent to an activating group) is 1. The Kier molecular flexibility index (Phi) is 3.69. The van der Waals surface area contributed by atoms with E-state index in [2.05, 4.69) is 61.3 Å². The minimum absolute atomic E-state index is 0.180. The van der Waals surface area contributed by atoms with Gasteiger partial charge in [-0.15, -0.1) is 0 Å². The fraction of sp³-hybridized carbons (Fsp3) is 0.571. The highest BCUT2D eigenvalue weighted by atomic mass is 16.5. The first kappa shape index (κ1) is 12.4. The van der Waals surface area contributed by atoms with Crippen molar-refractivity contribution in [2.75, 3.05) is 24.6 Å². The molecule has 0 bridgehead atoms. The van der Waals surface area contributed by atoms with E-state index >= 15 is 0 Å². The van der Waals surface area contributed by atoms with E-state index < -0.39 is 0 Å². The largest absolute Gasteiger partial charge is 0.370 e. The zero-order valence-corrected chi connectivity index (χ0v) is 10.9. The molecule has 0 aromatic heterocycles. The lowest BCUT2D eigenvalue weighted by atomic mass is 10.2. The van der Waals surface area contributed by atoms with Crippen molar-refractivity contribution in [3.05, 3.63) is 30.3 Å². The predicted molar refractivity (Wildman–Crippen MR) is 71.3 cm³/mol. The number of rotatable bonds is 4. The molecule has 1 saturated heterocycles. The topological polar surface area (TPSA) is 24.5 Å². The maximum Gasteiger partial charge on any atom is 0.113 e. The van der Waals surface area contributed by atoms with Gasteiger partial charge in [-0.3, -0.25) is 5.32 Å². The lowest BCUT2D eigenvalue weighted by Gasteiger charge is -2.27. The van der Waals surface area contributed by atoms with Gasteiger partial charge in [-0.25, -0.2) is 0 Å². The summed E-state index contributed by atoms with van der Waals surface area (Å²) in [6, 6.07) is 10.9. The quantitative estimate of drug-likeness (QED) is 0.864. The average Bonchev–Trinajstić information content (AvgIpc) is 2.67. The van der Waals surface area contributed by atoms with E-state index in [1.807, 2.05) is 0 Å². The zero-order chi connectivity index (χ0) is 12.3. The van der Waals surface area contributed by atoms with Gasteiger partial charge in [0.1, 0.15) is 5.72 Å². The average molecular weight is 234 g/mol. The number of benzene rings is 1. The molecule has 94 valence electrons. The van der Waals surface area contributed by atoms with Crippen molar-refractivity contribution in [1.29, 1.82) is 0 Å². The second-order valence-corrected chi connectivity index (χ2v) is 5.04. The fourth-order valence-electron chi connectivity index (χ4n) is 2.30. The van der Waals surface area contributed by atoms with Crippen LogP contribution in [-0.4, -0.2) is 31.5 Å². The minimum Gasteiger partial charge on any atom is -0.370 e. The first-order valence-electron chi connectivity index (χ1n) is 6.32. The third-order valence-corrected chi connectivity index (χ3v) is 3.14. The number of hydrogen-bond donors (Lipinski definition) is 1. The van der Waals surface area contributed by atoms with Crippen LogP contribution in [0.5, 0.6) is 0 Å². The first-order chi connectivity index (χ1) is 8.11. The molecule has 0 saturated carbocycles. The molecule has 0 spiro atoms. The van der Waals surface area contributed by atoms with E-state index in [1.54, 1.807) is 0 Å². The molecule has 0 amide bonds. The Labute approximate surface area is 104 Å². The van der Waals surface area contributed by atoms with E-state index in [9.17, 15) is 0 Å². The summed E-state index contributed by atoms with van der Waals surface area (Å²) in [5, 5.41) is 3.50. The zero-order valence-electron chi connectivity index (χ0n) is 10.9. The molecule has 17 heavy (non-hydrogen) atoms. The van der Waals surface area contributed by atoms with Gasteiger partial charge in [-0.05, 0) is 32.9 Å². The molecule has 3 heteroatoms. The summed E-state index contributed by atoms with van der Waals surface area (Å²) in [5.74, 6) is 0. The molecule has 1 fully saturated rings. The summed E-state index contributed by atoms with van der Waals surface area (Å²) in [6.45, 7) is 9.13. The van der Waals surface area contributed by atoms with E-state index in [4.69, 9.17) is 4.74 Å². The van der Waals surface area contributed by atoms with Crippen molar-refractivity contribution in [3.8, 4) is 0 Å². The predicted octanol–water partition coefficient (Wildman–Crippen LogP) is 2.24. The number of anilines is 1. The van der Waals surface area contributed by atoms with Crippen molar-refractivity contribution in [2.45, 2.75) is 32.5 Å². The maximum atomic E-state index is 5.70. The number of hydrogen-bond acceptors (Lipinski definition) is 3. The molecule has 1 atom stereocenters. The van der Waals surface area contributed by atoms with Crippen LogP contribution in [0, 0.1) is 0 Å². The Morgan fingerprint density at radius 2 is 2.06 bits per heavy atom. The molecule has 1 aromatic carbocycles. The summed E-state index contributed by atoms with van der Waals surface area (Å²) >= 11 is 0. The molecule has 3 nitrogen and oxygen atoms in total. The lowest BCUT2D eigenvalue weighted by molar-refractivity contribution is 0.0231. The number of para-hydroxylation sites is 1. The molecule has 1 aliphatic heterocycles. The Balaban J connectivity index is 1.97. The van der Waals surface area contributed by atoms with Crippen LogP contribution in [0.25, 0.3) is 0 Å². The Bertz CT molecular complexity index is 350. The van der Waals surface area contributed by atoms with Crippen molar-refractivity contribution < 1.29 is 4.74 Å². The molecule has 0 radical (unpaired) electrons. The molecule has 1 heterocycles. The number of ether oxygens (including phenoxy) is 1. The van der Waals surface area contributed by atoms with Crippen LogP contribution in [0.1, 0.15) is 20.8 Å². The molecule has 1 N–H and O–H groups in total. The van der Waals surface area contributed by atoms with Gasteiger partial charge in [0.05, 0.1) is 12.6 Å². The standard InChI is InChI=1S/C14H22N2O/c1-4-16(13-8-6-5-7-9-13)10-12-11-17-14(2,3)15-12/h5-9,12,15H,4,10-11H2,1-3H3/t12-/m1/s1. The van der Waals surface area contributed by atoms with Crippen LogP contribution in [0.3, 0.4) is 0 Å². The smallest absolute Gasteiger partial charge is 0.113 e. The highest BCUT2D eigenvalue weighted by Crippen LogP contribution is 2.18. The van der Waals surface area contributed by atoms with Crippen LogP contribution >= 0.6 is 0 Å². The summed E-state index contributed by atoms with van der Waals surface area (Å²) in [5.41, 5.74) is 1.10. The summed E-state index contributed by atoms with van der Waals surface area (Å²) < 4.78 is 5.70. The lowest BCUT2D eigenvalue weighted by Crippen LogP contribution is -2.44. The Morgan fingerprint density at radius 3 is 2.59 bits per heavy atom. The van der Waals surface area contributed by atoms with E-state index in [0.29, 0.717) is 6.04 Å². The van der Waals surface area contributed by atoms with Crippen molar-refractivity contribution in [2.24, 2.45) is 0 Å². The summed E-state index contributed by atoms with van der Waals surface area (Å²) in [6.07, 6.45) is 0. The second-order valence-electron chi connectivity index (χ2n) is 5.04. The van der Waals surface area contributed by atoms with Crippen molar-refractivity contribution >= 4 is 5.69 Å². The van der Waals surface area contributed by atoms with Crippen LogP contribution in [-0.2, 0) is 4.74 Å². The van der Waals surface area contributed by atoms with Gasteiger partial charge in [0.25, 0.3) is 0 Å². The van der Waals surface area contributed by atoms with Crippen LogP contribution in [0.4, 0.5) is 5.69 Å². The highest BCUT2D eigenvalue weighted by molar-refractivity contribution is 5.46. The van der Waals surface area contributed by atoms with E-state index in [0.717, 1.165) is 19.7 Å². The van der Waals surface area contributed by atoms with Crippen LogP contribution in [0.2, 0.25) is 0 Å². The van der Waals surface area contributed by atoms with Gasteiger partial charge < -0.3 is 9.64 Å². The van der Waals surface area contributed by atoms with Crippen LogP contribution in [0.15, 0.2) is 30.3 Å². The Morgan fingerprint density at radius 1 is 1.35 bits per heavy atom. The fourth-order valence-corrected chi connectivity index (χ4v) is 2.30. The van der Waals surface area contributed by atoms with Crippen molar-refractivity contribution in [1.82, 2.24) is 5.32 Å². The Hall–Kier alpha value is -1.06. The van der Waals surface area contributed by atoms with Crippen molar-refractivity contribution in [3.63, 3.8) is 0 Å². The molecular formula is C14H22N2O. The number of nitrogens with zero attached hydrogens (tertiary/aromatic N) is 1. The third kappa shape index (κ3) is 3.20. The van der Waals surface area contributed by atoms with Gasteiger partial charge in [-0.2, -0.15) is 0 Å². The monoisotopic (exact) mass is 234 g/mol. The van der Waals surface area contributed by atoms with Gasteiger partial charge in [-0.1, -0.05) is 18.2 Å². The normalized spacial score (nSPS) is 22.6. The first-order valence-corrected chi connectivity index (χ1v) is 6.32. The van der Waals surface area contributed by atoms with E-state index in [-0.39, 0.29) is 5.72 Å². The second kappa shape index (κ2) is 5.07. The third-order valence-electron chi connectivity index (χ3n) is 3.14. The molecular weight excluding hydrogens is 212 g/mol. The summed E-state index contributed by atoms with van der Waals surface area (Å²) in [7, 11) is 0. The highest BCUT2D eigenvalue weighted by Gasteiger charge is 2.31. The number of nitrogens with one attached hydrogen (secondary N) is 1. The van der Waals surface area contributed by atoms with Gasteiger partial charge in [0.15, 0.2) is 0 Å². The summed E-state index contributed by atoms with van der Waals surface area (Å²) in [4.78, 5) is 2.38. The molecule has 0 unspecified atom stereocenters. The minimum atomic E-state index is -0.180. The SMILES string of the molecule is CCN(C[C@@H]1COC(C)(C)N1)c1ccccc1. The van der Waals surface area contributed by atoms with E-state index in [1.165, 1.54) is 5.69 Å². The van der Waals surface area contributed by atoms with Gasteiger partial charge in [0, 0.05) is 18.8 Å². The molecule has 2 rings (SSSR count). The molecule has 1 aliphatic rings. The van der Waals surface area contributed by atoms with Crippen LogP contribution < -0.4 is 10.2 Å². The molecule has 0 aliphatic carbocycles. The molecule has 1 aromatic rings. The maximum absolute atomic E-state index is 5.70.